The van der Waals surface area contributed by atoms with Gasteiger partial charge in [-0.1, -0.05) is 30.0 Å². The van der Waals surface area contributed by atoms with E-state index in [2.05, 4.69) is 9.50 Å². The molecule has 0 N–H and O–H groups in total. The number of nitrogens with zero attached hydrogens (tertiary/aromatic N) is 4. The van der Waals surface area contributed by atoms with E-state index in [0.29, 0.717) is 5.69 Å². The van der Waals surface area contributed by atoms with Crippen molar-refractivity contribution in [2.24, 2.45) is 4.40 Å². The average Bonchev–Trinajstić information content (AvgIpc) is 3.59. The Hall–Kier alpha value is -3.84. The number of carbonyl (C=O) groups excluding carboxylic acids is 1. The molecule has 1 aliphatic rings. The predicted octanol–water partition coefficient (Wildman–Crippen LogP) is 4.98. The van der Waals surface area contributed by atoms with Crippen LogP contribution in [0.5, 0.6) is 0 Å². The number of alkyl halides is 3. The van der Waals surface area contributed by atoms with Gasteiger partial charge in [0.25, 0.3) is 10.0 Å². The molecule has 0 unspecified atom stereocenters. The third-order valence-corrected chi connectivity index (χ3v) is 7.45. The molecule has 0 saturated carbocycles. The van der Waals surface area contributed by atoms with Crippen LogP contribution in [-0.4, -0.2) is 35.0 Å². The van der Waals surface area contributed by atoms with E-state index >= 15 is 0 Å². The van der Waals surface area contributed by atoms with Crippen LogP contribution >= 0.6 is 11.8 Å². The summed E-state index contributed by atoms with van der Waals surface area (Å²) >= 11 is 0.997. The number of halogens is 3. The fourth-order valence-corrected chi connectivity index (χ4v) is 5.59. The molecule has 1 aliphatic heterocycles. The molecule has 0 spiro atoms. The summed E-state index contributed by atoms with van der Waals surface area (Å²) in [5.74, 6) is -0.108. The number of furan rings is 1. The molecule has 1 amide bonds. The summed E-state index contributed by atoms with van der Waals surface area (Å²) in [6, 6.07) is 17.4. The van der Waals surface area contributed by atoms with E-state index in [0.717, 1.165) is 22.5 Å². The summed E-state index contributed by atoms with van der Waals surface area (Å²) in [5.41, 5.74) is -0.412. The number of sulfonamides is 1. The van der Waals surface area contributed by atoms with Crippen LogP contribution in [0.3, 0.4) is 0 Å². The Bertz CT molecular complexity index is 1550. The number of carbonyl (C=O) groups is 1. The Labute approximate surface area is 207 Å². The lowest BCUT2D eigenvalue weighted by Crippen LogP contribution is -2.29. The molecule has 8 nitrogen and oxygen atoms in total. The van der Waals surface area contributed by atoms with Crippen LogP contribution in [0.4, 0.5) is 18.9 Å². The molecule has 2 aromatic carbocycles. The van der Waals surface area contributed by atoms with Crippen molar-refractivity contribution < 1.29 is 30.8 Å². The maximum absolute atomic E-state index is 13.3. The highest BCUT2D eigenvalue weighted by Gasteiger charge is 2.36. The molecule has 3 heterocycles. The van der Waals surface area contributed by atoms with Gasteiger partial charge in [0.05, 0.1) is 28.3 Å². The predicted molar refractivity (Wildman–Crippen MR) is 127 cm³/mol. The number of anilines is 1. The van der Waals surface area contributed by atoms with E-state index in [1.54, 1.807) is 30.3 Å². The summed E-state index contributed by atoms with van der Waals surface area (Å²) in [4.78, 5) is 13.4. The maximum atomic E-state index is 13.3. The second-order valence-corrected chi connectivity index (χ2v) is 10.0. The molecule has 184 valence electrons. The maximum Gasteiger partial charge on any atom is 0.435 e. The van der Waals surface area contributed by atoms with Gasteiger partial charge in [0.2, 0.25) is 5.91 Å². The fourth-order valence-electron chi connectivity index (χ4n) is 3.49. The number of aromatic nitrogens is 2. The molecule has 5 rings (SSSR count). The standard InChI is InChI=1S/C23H15F3N4O4S2/c24-23(25,26)20-13-18(19-7-4-12-34-19)30(27-20)16-8-10-17(11-9-16)36(32,33)28-22-29(21(31)14-35-22)15-5-2-1-3-6-15/h1-13H,14H2/b28-22-. The number of rotatable bonds is 5. The Morgan fingerprint density at radius 1 is 0.972 bits per heavy atom. The molecular weight excluding hydrogens is 517 g/mol. The van der Waals surface area contributed by atoms with E-state index in [1.165, 1.54) is 47.6 Å². The lowest BCUT2D eigenvalue weighted by molar-refractivity contribution is -0.141. The van der Waals surface area contributed by atoms with Crippen molar-refractivity contribution in [2.45, 2.75) is 11.1 Å². The molecule has 36 heavy (non-hydrogen) atoms. The summed E-state index contributed by atoms with van der Waals surface area (Å²) in [7, 11) is -4.23. The van der Waals surface area contributed by atoms with Gasteiger partial charge in [-0.3, -0.25) is 9.69 Å². The van der Waals surface area contributed by atoms with E-state index in [9.17, 15) is 26.4 Å². The van der Waals surface area contributed by atoms with Gasteiger partial charge < -0.3 is 4.42 Å². The second kappa shape index (κ2) is 8.99. The number of hydrogen-bond acceptors (Lipinski definition) is 6. The van der Waals surface area contributed by atoms with Gasteiger partial charge in [0.15, 0.2) is 16.6 Å². The molecule has 0 atom stereocenters. The van der Waals surface area contributed by atoms with Gasteiger partial charge in [0, 0.05) is 6.07 Å². The minimum Gasteiger partial charge on any atom is -0.463 e. The number of benzene rings is 2. The van der Waals surface area contributed by atoms with Crippen molar-refractivity contribution in [1.82, 2.24) is 9.78 Å². The van der Waals surface area contributed by atoms with Crippen LogP contribution in [0, 0.1) is 0 Å². The first-order chi connectivity index (χ1) is 17.1. The normalized spacial score (nSPS) is 15.7. The second-order valence-electron chi connectivity index (χ2n) is 7.50. The van der Waals surface area contributed by atoms with E-state index in [1.807, 2.05) is 0 Å². The Morgan fingerprint density at radius 3 is 2.33 bits per heavy atom. The first-order valence-corrected chi connectivity index (χ1v) is 12.7. The monoisotopic (exact) mass is 532 g/mol. The van der Waals surface area contributed by atoms with Crippen molar-refractivity contribution in [3.63, 3.8) is 0 Å². The topological polar surface area (TPSA) is 97.8 Å². The average molecular weight is 533 g/mol. The lowest BCUT2D eigenvalue weighted by atomic mass is 10.2. The van der Waals surface area contributed by atoms with Crippen molar-refractivity contribution in [3.8, 4) is 17.1 Å². The van der Waals surface area contributed by atoms with Crippen LogP contribution in [0.2, 0.25) is 0 Å². The Morgan fingerprint density at radius 2 is 1.69 bits per heavy atom. The van der Waals surface area contributed by atoms with Crippen LogP contribution in [0.15, 0.2) is 92.8 Å². The summed E-state index contributed by atoms with van der Waals surface area (Å²) in [5, 5.41) is 3.65. The van der Waals surface area contributed by atoms with Crippen molar-refractivity contribution in [3.05, 3.63) is 84.8 Å². The number of amidine groups is 1. The smallest absolute Gasteiger partial charge is 0.435 e. The highest BCUT2D eigenvalue weighted by atomic mass is 32.2. The number of thioether (sulfide) groups is 1. The van der Waals surface area contributed by atoms with Crippen LogP contribution in [-0.2, 0) is 21.0 Å². The molecule has 0 radical (unpaired) electrons. The van der Waals surface area contributed by atoms with E-state index < -0.39 is 21.9 Å². The van der Waals surface area contributed by atoms with Gasteiger partial charge in [-0.15, -0.1) is 4.40 Å². The summed E-state index contributed by atoms with van der Waals surface area (Å²) < 4.78 is 76.0. The molecular formula is C23H15F3N4O4S2. The van der Waals surface area contributed by atoms with Crippen molar-refractivity contribution in [1.29, 1.82) is 0 Å². The highest BCUT2D eigenvalue weighted by molar-refractivity contribution is 8.16. The van der Waals surface area contributed by atoms with Crippen molar-refractivity contribution >= 4 is 38.5 Å². The number of amides is 1. The first-order valence-electron chi connectivity index (χ1n) is 10.3. The zero-order chi connectivity index (χ0) is 25.5. The highest BCUT2D eigenvalue weighted by Crippen LogP contribution is 2.34. The van der Waals surface area contributed by atoms with Gasteiger partial charge >= 0.3 is 6.18 Å². The Kier molecular flexibility index (Phi) is 5.96. The molecule has 13 heteroatoms. The number of para-hydroxylation sites is 1. The van der Waals surface area contributed by atoms with Crippen LogP contribution in [0.25, 0.3) is 17.1 Å². The van der Waals surface area contributed by atoms with Gasteiger partial charge in [0.1, 0.15) is 5.69 Å². The van der Waals surface area contributed by atoms with Crippen LogP contribution < -0.4 is 4.90 Å². The van der Waals surface area contributed by atoms with Gasteiger partial charge in [-0.2, -0.15) is 26.7 Å². The molecule has 1 saturated heterocycles. The first kappa shape index (κ1) is 23.9. The Balaban J connectivity index is 1.49. The molecule has 2 aromatic heterocycles. The number of hydrogen-bond donors (Lipinski definition) is 0. The van der Waals surface area contributed by atoms with Crippen LogP contribution in [0.1, 0.15) is 5.69 Å². The summed E-state index contributed by atoms with van der Waals surface area (Å²) in [6.07, 6.45) is -3.37. The fraction of sp³-hybridized carbons (Fsp3) is 0.0870. The molecule has 0 bridgehead atoms. The SMILES string of the molecule is O=C1CS/C(=N\S(=O)(=O)c2ccc(-n3nc(C(F)(F)F)cc3-c3ccco3)cc2)N1c1ccccc1. The van der Waals surface area contributed by atoms with E-state index in [-0.39, 0.29) is 38.9 Å². The third kappa shape index (κ3) is 4.54. The molecule has 1 fully saturated rings. The minimum absolute atomic E-state index is 0.0114. The zero-order valence-electron chi connectivity index (χ0n) is 18.1. The zero-order valence-corrected chi connectivity index (χ0v) is 19.7. The lowest BCUT2D eigenvalue weighted by Gasteiger charge is -2.15. The largest absolute Gasteiger partial charge is 0.463 e. The van der Waals surface area contributed by atoms with Gasteiger partial charge in [-0.25, -0.2) is 4.68 Å². The molecule has 0 aliphatic carbocycles. The van der Waals surface area contributed by atoms with E-state index in [4.69, 9.17) is 4.42 Å². The molecule has 4 aromatic rings. The van der Waals surface area contributed by atoms with Crippen molar-refractivity contribution in [2.75, 3.05) is 10.7 Å². The van der Waals surface area contributed by atoms with Gasteiger partial charge in [-0.05, 0) is 48.5 Å². The quantitative estimate of drug-likeness (QED) is 0.360. The minimum atomic E-state index is -4.69. The summed E-state index contributed by atoms with van der Waals surface area (Å²) in [6.45, 7) is 0. The third-order valence-electron chi connectivity index (χ3n) is 5.13.